The van der Waals surface area contributed by atoms with Crippen LogP contribution in [0.1, 0.15) is 41.0 Å². The lowest BCUT2D eigenvalue weighted by Crippen LogP contribution is -2.21. The molecule has 2 nitrogen and oxygen atoms in total. The number of oxime groups is 1. The molecule has 1 N–H and O–H groups in total. The summed E-state index contributed by atoms with van der Waals surface area (Å²) in [5, 5.41) is 12.0. The van der Waals surface area contributed by atoms with Gasteiger partial charge in [-0.25, -0.2) is 0 Å². The summed E-state index contributed by atoms with van der Waals surface area (Å²) in [5.74, 6) is 0.556. The van der Waals surface area contributed by atoms with Gasteiger partial charge in [-0.1, -0.05) is 39.8 Å². The standard InChI is InChI=1S/C9H19NO/c1-7(2)6-8(10-11)9(3,4)5/h7,11H,6H2,1-5H3/b10-8-. The van der Waals surface area contributed by atoms with Gasteiger partial charge in [-0.05, 0) is 12.3 Å². The third-order valence-electron chi connectivity index (χ3n) is 1.59. The Labute approximate surface area is 69.3 Å². The van der Waals surface area contributed by atoms with Crippen molar-refractivity contribution in [2.75, 3.05) is 0 Å². The average molecular weight is 157 g/mol. The van der Waals surface area contributed by atoms with Gasteiger partial charge in [0.05, 0.1) is 5.71 Å². The summed E-state index contributed by atoms with van der Waals surface area (Å²) in [5.41, 5.74) is 0.881. The maximum atomic E-state index is 8.70. The molecule has 0 amide bonds. The zero-order chi connectivity index (χ0) is 9.07. The molecule has 11 heavy (non-hydrogen) atoms. The summed E-state index contributed by atoms with van der Waals surface area (Å²) in [4.78, 5) is 0. The Hall–Kier alpha value is -0.530. The van der Waals surface area contributed by atoms with E-state index in [1.54, 1.807) is 0 Å². The van der Waals surface area contributed by atoms with E-state index >= 15 is 0 Å². The second-order valence-corrected chi connectivity index (χ2v) is 4.39. The summed E-state index contributed by atoms with van der Waals surface area (Å²) in [6, 6.07) is 0. The quantitative estimate of drug-likeness (QED) is 0.373. The van der Waals surface area contributed by atoms with Crippen LogP contribution in [-0.2, 0) is 0 Å². The van der Waals surface area contributed by atoms with Gasteiger partial charge in [0.2, 0.25) is 0 Å². The molecule has 0 radical (unpaired) electrons. The minimum Gasteiger partial charge on any atom is -0.411 e. The minimum absolute atomic E-state index is 0.000972. The van der Waals surface area contributed by atoms with Crippen molar-refractivity contribution in [1.82, 2.24) is 0 Å². The van der Waals surface area contributed by atoms with Crippen LogP contribution in [0.2, 0.25) is 0 Å². The molecule has 0 atom stereocenters. The van der Waals surface area contributed by atoms with Gasteiger partial charge >= 0.3 is 0 Å². The number of rotatable bonds is 2. The topological polar surface area (TPSA) is 32.6 Å². The number of nitrogens with zero attached hydrogens (tertiary/aromatic N) is 1. The molecule has 0 fully saturated rings. The average Bonchev–Trinajstić information content (AvgIpc) is 1.79. The van der Waals surface area contributed by atoms with E-state index in [9.17, 15) is 0 Å². The molecule has 0 aromatic rings. The lowest BCUT2D eigenvalue weighted by molar-refractivity contribution is 0.307. The molecule has 0 aliphatic rings. The molecule has 0 saturated carbocycles. The van der Waals surface area contributed by atoms with Crippen LogP contribution in [0.25, 0.3) is 0 Å². The van der Waals surface area contributed by atoms with Gasteiger partial charge in [0.25, 0.3) is 0 Å². The molecule has 0 rings (SSSR count). The predicted octanol–water partition coefficient (Wildman–Crippen LogP) is 2.91. The molecule has 66 valence electrons. The van der Waals surface area contributed by atoms with Crippen molar-refractivity contribution < 1.29 is 5.21 Å². The lowest BCUT2D eigenvalue weighted by atomic mass is 9.85. The highest BCUT2D eigenvalue weighted by Gasteiger charge is 2.19. The first-order chi connectivity index (χ1) is 4.88. The van der Waals surface area contributed by atoms with E-state index in [0.29, 0.717) is 5.92 Å². The van der Waals surface area contributed by atoms with Crippen LogP contribution in [0.3, 0.4) is 0 Å². The monoisotopic (exact) mass is 157 g/mol. The number of hydrogen-bond acceptors (Lipinski definition) is 2. The van der Waals surface area contributed by atoms with E-state index in [2.05, 4.69) is 39.8 Å². The highest BCUT2D eigenvalue weighted by Crippen LogP contribution is 2.20. The van der Waals surface area contributed by atoms with E-state index < -0.39 is 0 Å². The molecule has 0 aliphatic heterocycles. The molecule has 0 aromatic carbocycles. The molecule has 0 aromatic heterocycles. The Bertz CT molecular complexity index is 142. The van der Waals surface area contributed by atoms with Crippen molar-refractivity contribution >= 4 is 5.71 Å². The first kappa shape index (κ1) is 10.5. The van der Waals surface area contributed by atoms with Crippen molar-refractivity contribution in [2.45, 2.75) is 41.0 Å². The summed E-state index contributed by atoms with van der Waals surface area (Å²) >= 11 is 0. The third-order valence-corrected chi connectivity index (χ3v) is 1.59. The smallest absolute Gasteiger partial charge is 0.0626 e. The molecule has 0 saturated heterocycles. The van der Waals surface area contributed by atoms with E-state index in [0.717, 1.165) is 12.1 Å². The lowest BCUT2D eigenvalue weighted by Gasteiger charge is -2.21. The third kappa shape index (κ3) is 4.02. The zero-order valence-electron chi connectivity index (χ0n) is 8.18. The Morgan fingerprint density at radius 3 is 1.91 bits per heavy atom. The Morgan fingerprint density at radius 2 is 1.82 bits per heavy atom. The molecule has 0 heterocycles. The molecule has 0 spiro atoms. The fourth-order valence-corrected chi connectivity index (χ4v) is 0.884. The van der Waals surface area contributed by atoms with Gasteiger partial charge in [0.1, 0.15) is 0 Å². The predicted molar refractivity (Wildman–Crippen MR) is 48.1 cm³/mol. The maximum Gasteiger partial charge on any atom is 0.0626 e. The van der Waals surface area contributed by atoms with Gasteiger partial charge in [0.15, 0.2) is 0 Å². The largest absolute Gasteiger partial charge is 0.411 e. The van der Waals surface area contributed by atoms with Crippen LogP contribution in [0.5, 0.6) is 0 Å². The molecule has 2 heteroatoms. The zero-order valence-corrected chi connectivity index (χ0v) is 8.18. The normalized spacial score (nSPS) is 14.2. The SMILES string of the molecule is CC(C)C/C(=N/O)C(C)(C)C. The molecule has 0 unspecified atom stereocenters. The van der Waals surface area contributed by atoms with Crippen molar-refractivity contribution in [1.29, 1.82) is 0 Å². The first-order valence-corrected chi connectivity index (χ1v) is 4.09. The van der Waals surface area contributed by atoms with Crippen LogP contribution in [0.15, 0.2) is 5.16 Å². The van der Waals surface area contributed by atoms with Crippen LogP contribution >= 0.6 is 0 Å². The van der Waals surface area contributed by atoms with Gasteiger partial charge in [-0.2, -0.15) is 0 Å². The van der Waals surface area contributed by atoms with Gasteiger partial charge < -0.3 is 5.21 Å². The van der Waals surface area contributed by atoms with Crippen molar-refractivity contribution in [2.24, 2.45) is 16.5 Å². The molecular weight excluding hydrogens is 138 g/mol. The molecule has 0 bridgehead atoms. The Morgan fingerprint density at radius 1 is 1.36 bits per heavy atom. The summed E-state index contributed by atoms with van der Waals surface area (Å²) < 4.78 is 0. The fraction of sp³-hybridized carbons (Fsp3) is 0.889. The first-order valence-electron chi connectivity index (χ1n) is 4.09. The number of hydrogen-bond donors (Lipinski definition) is 1. The fourth-order valence-electron chi connectivity index (χ4n) is 0.884. The Kier molecular flexibility index (Phi) is 3.56. The van der Waals surface area contributed by atoms with Crippen molar-refractivity contribution in [3.8, 4) is 0 Å². The van der Waals surface area contributed by atoms with E-state index in [4.69, 9.17) is 5.21 Å². The van der Waals surface area contributed by atoms with Crippen LogP contribution in [-0.4, -0.2) is 10.9 Å². The van der Waals surface area contributed by atoms with Gasteiger partial charge in [-0.15, -0.1) is 0 Å². The van der Waals surface area contributed by atoms with Crippen molar-refractivity contribution in [3.63, 3.8) is 0 Å². The van der Waals surface area contributed by atoms with Gasteiger partial charge in [-0.3, -0.25) is 0 Å². The summed E-state index contributed by atoms with van der Waals surface area (Å²) in [7, 11) is 0. The van der Waals surface area contributed by atoms with E-state index in [-0.39, 0.29) is 5.41 Å². The summed E-state index contributed by atoms with van der Waals surface area (Å²) in [6.45, 7) is 10.4. The highest BCUT2D eigenvalue weighted by atomic mass is 16.4. The highest BCUT2D eigenvalue weighted by molar-refractivity contribution is 5.88. The maximum absolute atomic E-state index is 8.70. The second kappa shape index (κ2) is 3.74. The van der Waals surface area contributed by atoms with Gasteiger partial charge in [0, 0.05) is 5.41 Å². The van der Waals surface area contributed by atoms with E-state index in [1.807, 2.05) is 0 Å². The van der Waals surface area contributed by atoms with Crippen LogP contribution < -0.4 is 0 Å². The van der Waals surface area contributed by atoms with Crippen LogP contribution in [0, 0.1) is 11.3 Å². The van der Waals surface area contributed by atoms with Crippen molar-refractivity contribution in [3.05, 3.63) is 0 Å². The van der Waals surface area contributed by atoms with Crippen LogP contribution in [0.4, 0.5) is 0 Å². The Balaban J connectivity index is 4.21. The molecular formula is C9H19NO. The minimum atomic E-state index is -0.000972. The second-order valence-electron chi connectivity index (χ2n) is 4.39. The van der Waals surface area contributed by atoms with E-state index in [1.165, 1.54) is 0 Å². The summed E-state index contributed by atoms with van der Waals surface area (Å²) in [6.07, 6.45) is 0.875. The molecule has 0 aliphatic carbocycles.